The number of hydrogen-bond acceptors (Lipinski definition) is 3. The molecule has 0 aromatic carbocycles. The van der Waals surface area contributed by atoms with E-state index < -0.39 is 0 Å². The lowest BCUT2D eigenvalue weighted by molar-refractivity contribution is -0.131. The molecule has 3 aliphatic rings. The van der Waals surface area contributed by atoms with Crippen LogP contribution >= 0.6 is 0 Å². The van der Waals surface area contributed by atoms with E-state index in [0.717, 1.165) is 32.1 Å². The molecule has 3 fully saturated rings. The Labute approximate surface area is 123 Å². The molecule has 116 valence electrons. The fourth-order valence-electron chi connectivity index (χ4n) is 4.84. The average molecular weight is 281 g/mol. The minimum Gasteiger partial charge on any atom is -0.378 e. The smallest absolute Gasteiger partial charge is 0.0661 e. The van der Waals surface area contributed by atoms with Crippen LogP contribution in [-0.4, -0.2) is 38.0 Å². The van der Waals surface area contributed by atoms with Crippen molar-refractivity contribution in [3.05, 3.63) is 0 Å². The van der Waals surface area contributed by atoms with E-state index in [1.807, 2.05) is 0 Å². The van der Waals surface area contributed by atoms with Gasteiger partial charge in [-0.05, 0) is 44.9 Å². The lowest BCUT2D eigenvalue weighted by Crippen LogP contribution is -2.63. The van der Waals surface area contributed by atoms with Crippen molar-refractivity contribution in [3.8, 4) is 0 Å². The highest BCUT2D eigenvalue weighted by atomic mass is 16.5. The summed E-state index contributed by atoms with van der Waals surface area (Å²) in [6, 6.07) is 0.694. The molecule has 20 heavy (non-hydrogen) atoms. The second kappa shape index (κ2) is 6.33. The number of hydrogen-bond donors (Lipinski definition) is 1. The van der Waals surface area contributed by atoms with Crippen LogP contribution in [-0.2, 0) is 9.47 Å². The third kappa shape index (κ3) is 2.53. The van der Waals surface area contributed by atoms with Gasteiger partial charge in [0.1, 0.15) is 0 Å². The minimum absolute atomic E-state index is 0.469. The zero-order valence-corrected chi connectivity index (χ0v) is 13.2. The molecular weight excluding hydrogens is 250 g/mol. The van der Waals surface area contributed by atoms with Crippen LogP contribution in [0.5, 0.6) is 0 Å². The van der Waals surface area contributed by atoms with Crippen molar-refractivity contribution in [1.29, 1.82) is 0 Å². The van der Waals surface area contributed by atoms with Gasteiger partial charge < -0.3 is 14.8 Å². The van der Waals surface area contributed by atoms with Crippen LogP contribution in [0.25, 0.3) is 0 Å². The number of ether oxygens (including phenoxy) is 2. The van der Waals surface area contributed by atoms with Gasteiger partial charge in [-0.25, -0.2) is 0 Å². The van der Waals surface area contributed by atoms with Crippen molar-refractivity contribution in [2.75, 3.05) is 19.8 Å². The number of nitrogens with one attached hydrogen (secondary N) is 1. The Morgan fingerprint density at radius 3 is 2.75 bits per heavy atom. The molecule has 3 nitrogen and oxygen atoms in total. The summed E-state index contributed by atoms with van der Waals surface area (Å²) in [6.45, 7) is 7.35. The molecule has 1 heterocycles. The lowest BCUT2D eigenvalue weighted by atomic mass is 9.60. The maximum absolute atomic E-state index is 6.00. The summed E-state index contributed by atoms with van der Waals surface area (Å²) in [7, 11) is 0. The summed E-state index contributed by atoms with van der Waals surface area (Å²) in [5.74, 6) is 0.726. The first-order valence-electron chi connectivity index (χ1n) is 8.76. The van der Waals surface area contributed by atoms with E-state index in [1.165, 1.54) is 38.5 Å². The predicted octanol–water partition coefficient (Wildman–Crippen LogP) is 3.13. The Morgan fingerprint density at radius 1 is 1.25 bits per heavy atom. The highest BCUT2D eigenvalue weighted by Crippen LogP contribution is 2.54. The zero-order valence-electron chi connectivity index (χ0n) is 13.2. The summed E-state index contributed by atoms with van der Waals surface area (Å²) >= 11 is 0. The maximum atomic E-state index is 6.00. The zero-order chi connectivity index (χ0) is 14.0. The highest BCUT2D eigenvalue weighted by molar-refractivity contribution is 5.10. The van der Waals surface area contributed by atoms with Crippen LogP contribution in [0.15, 0.2) is 0 Å². The van der Waals surface area contributed by atoms with Crippen LogP contribution in [0.3, 0.4) is 0 Å². The quantitative estimate of drug-likeness (QED) is 0.811. The van der Waals surface area contributed by atoms with E-state index in [9.17, 15) is 0 Å². The molecule has 0 aromatic heterocycles. The average Bonchev–Trinajstić information content (AvgIpc) is 3.11. The minimum atomic E-state index is 0.469. The Morgan fingerprint density at radius 2 is 2.05 bits per heavy atom. The molecule has 0 amide bonds. The Bertz CT molecular complexity index is 314. The van der Waals surface area contributed by atoms with Gasteiger partial charge in [0.05, 0.1) is 12.2 Å². The summed E-state index contributed by atoms with van der Waals surface area (Å²) in [4.78, 5) is 0. The van der Waals surface area contributed by atoms with Crippen LogP contribution < -0.4 is 5.32 Å². The van der Waals surface area contributed by atoms with Crippen molar-refractivity contribution >= 4 is 0 Å². The first kappa shape index (κ1) is 14.8. The largest absolute Gasteiger partial charge is 0.378 e. The molecule has 0 aromatic rings. The normalized spacial score (nSPS) is 39.3. The molecule has 1 aliphatic heterocycles. The molecule has 2 saturated carbocycles. The van der Waals surface area contributed by atoms with Gasteiger partial charge >= 0.3 is 0 Å². The summed E-state index contributed by atoms with van der Waals surface area (Å²) < 4.78 is 11.8. The second-order valence-electron chi connectivity index (χ2n) is 6.95. The maximum Gasteiger partial charge on any atom is 0.0661 e. The van der Waals surface area contributed by atoms with Crippen LogP contribution in [0.2, 0.25) is 0 Å². The topological polar surface area (TPSA) is 30.5 Å². The summed E-state index contributed by atoms with van der Waals surface area (Å²) in [6.07, 6.45) is 10.2. The van der Waals surface area contributed by atoms with Gasteiger partial charge in [-0.15, -0.1) is 0 Å². The van der Waals surface area contributed by atoms with Gasteiger partial charge in [-0.2, -0.15) is 0 Å². The van der Waals surface area contributed by atoms with Crippen molar-refractivity contribution in [1.82, 2.24) is 5.32 Å². The van der Waals surface area contributed by atoms with Crippen molar-refractivity contribution in [2.45, 2.75) is 77.0 Å². The molecule has 0 bridgehead atoms. The van der Waals surface area contributed by atoms with E-state index in [-0.39, 0.29) is 0 Å². The van der Waals surface area contributed by atoms with Crippen LogP contribution in [0.1, 0.15) is 58.8 Å². The predicted molar refractivity (Wildman–Crippen MR) is 80.9 cm³/mol. The molecule has 4 unspecified atom stereocenters. The Balaban J connectivity index is 1.53. The molecule has 2 aliphatic carbocycles. The van der Waals surface area contributed by atoms with Crippen LogP contribution in [0.4, 0.5) is 0 Å². The lowest BCUT2D eigenvalue weighted by Gasteiger charge is -2.54. The van der Waals surface area contributed by atoms with Crippen molar-refractivity contribution in [2.24, 2.45) is 11.3 Å². The number of rotatable bonds is 6. The second-order valence-corrected chi connectivity index (χ2v) is 6.95. The van der Waals surface area contributed by atoms with Gasteiger partial charge in [0.15, 0.2) is 0 Å². The van der Waals surface area contributed by atoms with E-state index in [4.69, 9.17) is 9.47 Å². The summed E-state index contributed by atoms with van der Waals surface area (Å²) in [5, 5.41) is 3.89. The van der Waals surface area contributed by atoms with E-state index in [2.05, 4.69) is 19.2 Å². The third-order valence-electron chi connectivity index (χ3n) is 6.06. The van der Waals surface area contributed by atoms with E-state index >= 15 is 0 Å². The molecule has 1 saturated heterocycles. The van der Waals surface area contributed by atoms with Gasteiger partial charge in [0, 0.05) is 31.2 Å². The van der Waals surface area contributed by atoms with E-state index in [1.54, 1.807) is 0 Å². The van der Waals surface area contributed by atoms with Crippen molar-refractivity contribution in [3.63, 3.8) is 0 Å². The standard InChI is InChI=1S/C17H31NO2/c1-3-14-13(7-10-20-14)12-18-15-11-16(19-4-2)17(15)8-5-6-9-17/h13-16,18H,3-12H2,1-2H3. The van der Waals surface area contributed by atoms with Gasteiger partial charge in [0.2, 0.25) is 0 Å². The molecule has 1 spiro atoms. The van der Waals surface area contributed by atoms with Crippen molar-refractivity contribution < 1.29 is 9.47 Å². The van der Waals surface area contributed by atoms with Gasteiger partial charge in [-0.1, -0.05) is 19.8 Å². The van der Waals surface area contributed by atoms with Gasteiger partial charge in [0.25, 0.3) is 0 Å². The molecule has 0 radical (unpaired) electrons. The fraction of sp³-hybridized carbons (Fsp3) is 1.00. The molecule has 3 rings (SSSR count). The first-order valence-corrected chi connectivity index (χ1v) is 8.76. The molecule has 4 atom stereocenters. The molecule has 3 heteroatoms. The van der Waals surface area contributed by atoms with E-state index in [0.29, 0.717) is 23.7 Å². The first-order chi connectivity index (χ1) is 9.80. The van der Waals surface area contributed by atoms with Crippen LogP contribution in [0, 0.1) is 11.3 Å². The molecular formula is C17H31NO2. The Hall–Kier alpha value is -0.120. The monoisotopic (exact) mass is 281 g/mol. The SMILES string of the molecule is CCOC1CC(NCC2CCOC2CC)C12CCCC2. The van der Waals surface area contributed by atoms with Gasteiger partial charge in [-0.3, -0.25) is 0 Å². The molecule has 1 N–H and O–H groups in total. The highest BCUT2D eigenvalue weighted by Gasteiger charge is 2.56. The third-order valence-corrected chi connectivity index (χ3v) is 6.06. The fourth-order valence-corrected chi connectivity index (χ4v) is 4.84. The summed E-state index contributed by atoms with van der Waals surface area (Å²) in [5.41, 5.74) is 0.469. The Kier molecular flexibility index (Phi) is 4.68.